The van der Waals surface area contributed by atoms with Gasteiger partial charge >= 0.3 is 0 Å². The van der Waals surface area contributed by atoms with E-state index in [-0.39, 0.29) is 9.92 Å². The van der Waals surface area contributed by atoms with Crippen LogP contribution < -0.4 is 9.46 Å². The van der Waals surface area contributed by atoms with Crippen LogP contribution in [-0.4, -0.2) is 15.0 Å². The van der Waals surface area contributed by atoms with E-state index in [0.29, 0.717) is 30.0 Å². The van der Waals surface area contributed by atoms with Crippen LogP contribution in [0.15, 0.2) is 71.6 Å². The fourth-order valence-corrected chi connectivity index (χ4v) is 4.36. The largest absolute Gasteiger partial charge is 0.493 e. The van der Waals surface area contributed by atoms with Crippen LogP contribution in [0.4, 0.5) is 5.69 Å². The lowest BCUT2D eigenvalue weighted by Gasteiger charge is -2.13. The predicted molar refractivity (Wildman–Crippen MR) is 114 cm³/mol. The summed E-state index contributed by atoms with van der Waals surface area (Å²) < 4.78 is 33.6. The van der Waals surface area contributed by atoms with E-state index in [4.69, 9.17) is 21.6 Å². The summed E-state index contributed by atoms with van der Waals surface area (Å²) in [6, 6.07) is 20.9. The SMILES string of the molecule is Cc1cc(NS(=O)(=O)c2ccccc2Cl)cc(OCCc2ccc(C#N)cc2)c1. The second-order valence-corrected chi connectivity index (χ2v) is 8.54. The van der Waals surface area contributed by atoms with Crippen LogP contribution in [0, 0.1) is 18.3 Å². The molecule has 0 saturated carbocycles. The number of hydrogen-bond donors (Lipinski definition) is 1. The van der Waals surface area contributed by atoms with E-state index in [9.17, 15) is 8.42 Å². The molecular weight excluding hydrogens is 408 g/mol. The Balaban J connectivity index is 1.69. The molecule has 0 aliphatic rings. The first-order chi connectivity index (χ1) is 13.9. The van der Waals surface area contributed by atoms with E-state index in [1.165, 1.54) is 12.1 Å². The van der Waals surface area contributed by atoms with Crippen molar-refractivity contribution in [1.82, 2.24) is 0 Å². The van der Waals surface area contributed by atoms with Gasteiger partial charge < -0.3 is 4.74 Å². The third-order valence-electron chi connectivity index (χ3n) is 4.17. The Morgan fingerprint density at radius 2 is 1.79 bits per heavy atom. The Hall–Kier alpha value is -3.01. The number of nitriles is 1. The number of benzene rings is 3. The highest BCUT2D eigenvalue weighted by molar-refractivity contribution is 7.92. The molecular formula is C22H19ClN2O3S. The van der Waals surface area contributed by atoms with Crippen LogP contribution in [0.3, 0.4) is 0 Å². The zero-order valence-corrected chi connectivity index (χ0v) is 17.3. The summed E-state index contributed by atoms with van der Waals surface area (Å²) in [5.41, 5.74) is 2.93. The van der Waals surface area contributed by atoms with Gasteiger partial charge in [0.2, 0.25) is 0 Å². The molecule has 0 aliphatic carbocycles. The van der Waals surface area contributed by atoms with Crippen LogP contribution in [-0.2, 0) is 16.4 Å². The number of halogens is 1. The van der Waals surface area contributed by atoms with E-state index < -0.39 is 10.0 Å². The summed E-state index contributed by atoms with van der Waals surface area (Å²) in [7, 11) is -3.81. The van der Waals surface area contributed by atoms with Crippen molar-refractivity contribution in [2.75, 3.05) is 11.3 Å². The average Bonchev–Trinajstić information content (AvgIpc) is 2.68. The quantitative estimate of drug-likeness (QED) is 0.580. The molecule has 7 heteroatoms. The van der Waals surface area contributed by atoms with E-state index in [2.05, 4.69) is 10.8 Å². The third-order valence-corrected chi connectivity index (χ3v) is 6.05. The molecule has 3 aromatic carbocycles. The Kier molecular flexibility index (Phi) is 6.42. The lowest BCUT2D eigenvalue weighted by Crippen LogP contribution is -2.13. The molecule has 0 heterocycles. The Morgan fingerprint density at radius 3 is 2.48 bits per heavy atom. The van der Waals surface area contributed by atoms with Crippen LogP contribution in [0.25, 0.3) is 0 Å². The number of nitrogens with one attached hydrogen (secondary N) is 1. The van der Waals surface area contributed by atoms with Crippen molar-refractivity contribution in [2.45, 2.75) is 18.2 Å². The van der Waals surface area contributed by atoms with Gasteiger partial charge in [0.25, 0.3) is 10.0 Å². The van der Waals surface area contributed by atoms with Gasteiger partial charge in [-0.25, -0.2) is 8.42 Å². The summed E-state index contributed by atoms with van der Waals surface area (Å²) in [5.74, 6) is 0.565. The number of hydrogen-bond acceptors (Lipinski definition) is 4. The number of sulfonamides is 1. The average molecular weight is 427 g/mol. The molecule has 148 valence electrons. The predicted octanol–water partition coefficient (Wildman–Crippen LogP) is 4.94. The number of aryl methyl sites for hydroxylation is 1. The lowest BCUT2D eigenvalue weighted by atomic mass is 10.1. The van der Waals surface area contributed by atoms with Gasteiger partial charge in [-0.2, -0.15) is 5.26 Å². The van der Waals surface area contributed by atoms with Crippen LogP contribution in [0.2, 0.25) is 5.02 Å². The van der Waals surface area contributed by atoms with Gasteiger partial charge in [0.15, 0.2) is 0 Å². The summed E-state index contributed by atoms with van der Waals surface area (Å²) in [6.45, 7) is 2.28. The first-order valence-electron chi connectivity index (χ1n) is 8.88. The van der Waals surface area contributed by atoms with Crippen molar-refractivity contribution < 1.29 is 13.2 Å². The van der Waals surface area contributed by atoms with Crippen LogP contribution in [0.5, 0.6) is 5.75 Å². The minimum Gasteiger partial charge on any atom is -0.493 e. The molecule has 0 radical (unpaired) electrons. The molecule has 5 nitrogen and oxygen atoms in total. The Labute approximate surface area is 175 Å². The highest BCUT2D eigenvalue weighted by Crippen LogP contribution is 2.26. The second-order valence-electron chi connectivity index (χ2n) is 6.48. The number of ether oxygens (including phenoxy) is 1. The molecule has 0 fully saturated rings. The van der Waals surface area contributed by atoms with Crippen molar-refractivity contribution >= 4 is 27.3 Å². The highest BCUT2D eigenvalue weighted by atomic mass is 35.5. The molecule has 0 aliphatic heterocycles. The third kappa shape index (κ3) is 5.50. The standard InChI is InChI=1S/C22H19ClN2O3S/c1-16-12-19(25-29(26,27)22-5-3-2-4-21(22)23)14-20(13-16)28-11-10-17-6-8-18(15-24)9-7-17/h2-9,12-14,25H,10-11H2,1H3. The normalized spacial score (nSPS) is 10.9. The lowest BCUT2D eigenvalue weighted by molar-refractivity contribution is 0.322. The Bertz CT molecular complexity index is 1150. The van der Waals surface area contributed by atoms with Crippen molar-refractivity contribution in [2.24, 2.45) is 0 Å². The van der Waals surface area contributed by atoms with Crippen LogP contribution >= 0.6 is 11.6 Å². The minimum absolute atomic E-state index is 0.0199. The van der Waals surface area contributed by atoms with E-state index >= 15 is 0 Å². The maximum absolute atomic E-state index is 12.6. The summed E-state index contributed by atoms with van der Waals surface area (Å²) in [6.07, 6.45) is 0.667. The molecule has 3 aromatic rings. The Morgan fingerprint density at radius 1 is 1.07 bits per heavy atom. The van der Waals surface area contributed by atoms with E-state index in [0.717, 1.165) is 11.1 Å². The molecule has 0 aromatic heterocycles. The van der Waals surface area contributed by atoms with Crippen molar-refractivity contribution in [3.63, 3.8) is 0 Å². The van der Waals surface area contributed by atoms with Crippen LogP contribution in [0.1, 0.15) is 16.7 Å². The molecule has 0 spiro atoms. The van der Waals surface area contributed by atoms with Gasteiger partial charge in [-0.1, -0.05) is 35.9 Å². The number of anilines is 1. The maximum Gasteiger partial charge on any atom is 0.263 e. The van der Waals surface area contributed by atoms with Gasteiger partial charge in [0.1, 0.15) is 10.6 Å². The molecule has 29 heavy (non-hydrogen) atoms. The molecule has 0 saturated heterocycles. The summed E-state index contributed by atoms with van der Waals surface area (Å²) >= 11 is 6.02. The van der Waals surface area contributed by atoms with Crippen molar-refractivity contribution in [1.29, 1.82) is 5.26 Å². The molecule has 0 atom stereocenters. The van der Waals surface area contributed by atoms with Gasteiger partial charge in [0.05, 0.1) is 28.9 Å². The summed E-state index contributed by atoms with van der Waals surface area (Å²) in [4.78, 5) is 0.0199. The molecule has 0 bridgehead atoms. The molecule has 0 amide bonds. The monoisotopic (exact) mass is 426 g/mol. The van der Waals surface area contributed by atoms with Gasteiger partial charge in [-0.05, 0) is 54.4 Å². The van der Waals surface area contributed by atoms with Crippen molar-refractivity contribution in [3.8, 4) is 11.8 Å². The first kappa shape index (κ1) is 20.7. The maximum atomic E-state index is 12.6. The summed E-state index contributed by atoms with van der Waals surface area (Å²) in [5, 5.41) is 9.00. The number of nitrogens with zero attached hydrogens (tertiary/aromatic N) is 1. The fraction of sp³-hybridized carbons (Fsp3) is 0.136. The highest BCUT2D eigenvalue weighted by Gasteiger charge is 2.18. The number of rotatable bonds is 7. The fourth-order valence-electron chi connectivity index (χ4n) is 2.80. The first-order valence-corrected chi connectivity index (χ1v) is 10.7. The molecule has 1 N–H and O–H groups in total. The van der Waals surface area contributed by atoms with Crippen molar-refractivity contribution in [3.05, 3.63) is 88.4 Å². The molecule has 3 rings (SSSR count). The van der Waals surface area contributed by atoms with E-state index in [1.807, 2.05) is 25.1 Å². The zero-order valence-electron chi connectivity index (χ0n) is 15.7. The van der Waals surface area contributed by atoms with Gasteiger partial charge in [0, 0.05) is 12.5 Å². The topological polar surface area (TPSA) is 79.2 Å². The van der Waals surface area contributed by atoms with E-state index in [1.54, 1.807) is 36.4 Å². The van der Waals surface area contributed by atoms with Gasteiger partial charge in [-0.15, -0.1) is 0 Å². The second kappa shape index (κ2) is 8.99. The smallest absolute Gasteiger partial charge is 0.263 e. The minimum atomic E-state index is -3.81. The zero-order chi connectivity index (χ0) is 20.9. The van der Waals surface area contributed by atoms with Gasteiger partial charge in [-0.3, -0.25) is 4.72 Å². The molecule has 0 unspecified atom stereocenters.